The zero-order valence-corrected chi connectivity index (χ0v) is 19.3. The van der Waals surface area contributed by atoms with Crippen LogP contribution in [0.25, 0.3) is 0 Å². The fourth-order valence-electron chi connectivity index (χ4n) is 2.55. The minimum absolute atomic E-state index is 0.108. The smallest absolute Gasteiger partial charge is 0.343 e. The first kappa shape index (κ1) is 27.5. The molecule has 29 heavy (non-hydrogen) atoms. The van der Waals surface area contributed by atoms with E-state index in [-0.39, 0.29) is 18.3 Å². The molecular formula is C18H37N4O6P. The van der Waals surface area contributed by atoms with Gasteiger partial charge in [0.2, 0.25) is 17.7 Å². The second kappa shape index (κ2) is 11.6. The molecule has 0 aliphatic carbocycles. The lowest BCUT2D eigenvalue weighted by molar-refractivity contribution is -0.137. The fraction of sp³-hybridized carbons (Fsp3) is 0.833. The van der Waals surface area contributed by atoms with Crippen LogP contribution in [0.4, 0.5) is 0 Å². The summed E-state index contributed by atoms with van der Waals surface area (Å²) in [5, 5.41) is 5.26. The van der Waals surface area contributed by atoms with Crippen LogP contribution in [0.15, 0.2) is 0 Å². The second-order valence-electron chi connectivity index (χ2n) is 8.02. The molecule has 0 radical (unpaired) electrons. The Kier molecular flexibility index (Phi) is 11.0. The van der Waals surface area contributed by atoms with E-state index in [1.165, 1.54) is 14.0 Å². The van der Waals surface area contributed by atoms with Gasteiger partial charge in [-0.25, -0.2) is 0 Å². The van der Waals surface area contributed by atoms with Crippen LogP contribution < -0.4 is 16.4 Å². The van der Waals surface area contributed by atoms with Gasteiger partial charge in [0.05, 0.1) is 6.04 Å². The van der Waals surface area contributed by atoms with Gasteiger partial charge in [-0.05, 0) is 25.2 Å². The largest absolute Gasteiger partial charge is 0.347 e. The summed E-state index contributed by atoms with van der Waals surface area (Å²) in [4.78, 5) is 57.4. The lowest BCUT2D eigenvalue weighted by Gasteiger charge is -2.31. The fourth-order valence-corrected chi connectivity index (χ4v) is 3.12. The molecule has 0 fully saturated rings. The zero-order valence-electron chi connectivity index (χ0n) is 18.4. The molecule has 0 spiro atoms. The molecule has 0 heterocycles. The van der Waals surface area contributed by atoms with E-state index in [9.17, 15) is 28.7 Å². The van der Waals surface area contributed by atoms with Gasteiger partial charge in [-0.15, -0.1) is 0 Å². The minimum atomic E-state index is -4.51. The molecule has 0 rings (SSSR count). The van der Waals surface area contributed by atoms with Gasteiger partial charge in [-0.2, -0.15) is 0 Å². The Hall–Kier alpha value is -1.48. The highest BCUT2D eigenvalue weighted by Crippen LogP contribution is 2.42. The van der Waals surface area contributed by atoms with Crippen molar-refractivity contribution in [2.45, 2.75) is 78.3 Å². The van der Waals surface area contributed by atoms with Crippen molar-refractivity contribution in [1.82, 2.24) is 15.5 Å². The molecule has 0 aromatic rings. The number of nitrogens with one attached hydrogen (secondary N) is 2. The van der Waals surface area contributed by atoms with Crippen LogP contribution in [0.2, 0.25) is 0 Å². The van der Waals surface area contributed by atoms with Crippen LogP contribution in [-0.2, 0) is 18.9 Å². The van der Waals surface area contributed by atoms with E-state index in [2.05, 4.69) is 10.6 Å². The Balaban J connectivity index is 5.41. The molecule has 4 atom stereocenters. The Morgan fingerprint density at radius 2 is 1.52 bits per heavy atom. The molecule has 0 aromatic heterocycles. The van der Waals surface area contributed by atoms with E-state index in [1.54, 1.807) is 27.7 Å². The van der Waals surface area contributed by atoms with Crippen molar-refractivity contribution >= 4 is 25.3 Å². The first-order chi connectivity index (χ1) is 13.1. The van der Waals surface area contributed by atoms with Crippen LogP contribution in [0.3, 0.4) is 0 Å². The molecule has 0 bridgehead atoms. The summed E-state index contributed by atoms with van der Waals surface area (Å²) in [5.41, 5.74) is 5.84. The van der Waals surface area contributed by atoms with Crippen molar-refractivity contribution in [2.75, 3.05) is 7.05 Å². The normalized spacial score (nSPS) is 16.1. The third kappa shape index (κ3) is 8.42. The average molecular weight is 436 g/mol. The van der Waals surface area contributed by atoms with E-state index in [0.717, 1.165) is 4.90 Å². The molecule has 0 aliphatic rings. The van der Waals surface area contributed by atoms with Crippen molar-refractivity contribution in [2.24, 2.45) is 17.6 Å². The molecular weight excluding hydrogens is 399 g/mol. The van der Waals surface area contributed by atoms with Gasteiger partial charge in [-0.3, -0.25) is 18.9 Å². The molecule has 0 saturated carbocycles. The van der Waals surface area contributed by atoms with Gasteiger partial charge in [-0.1, -0.05) is 41.0 Å². The van der Waals surface area contributed by atoms with Gasteiger partial charge in [0.1, 0.15) is 17.9 Å². The average Bonchev–Trinajstić information content (AvgIpc) is 2.61. The van der Waals surface area contributed by atoms with E-state index in [1.807, 2.05) is 6.92 Å². The molecule has 6 N–H and O–H groups in total. The van der Waals surface area contributed by atoms with Crippen molar-refractivity contribution < 1.29 is 28.7 Å². The van der Waals surface area contributed by atoms with Crippen molar-refractivity contribution in [3.8, 4) is 0 Å². The maximum absolute atomic E-state index is 12.8. The summed E-state index contributed by atoms with van der Waals surface area (Å²) in [6.07, 6.45) is 0.846. The van der Waals surface area contributed by atoms with E-state index in [4.69, 9.17) is 5.73 Å². The summed E-state index contributed by atoms with van der Waals surface area (Å²) >= 11 is 0. The number of nitrogens with zero attached hydrogens (tertiary/aromatic N) is 1. The maximum atomic E-state index is 12.8. The number of amides is 3. The highest BCUT2D eigenvalue weighted by atomic mass is 31.2. The molecule has 10 nitrogen and oxygen atoms in total. The van der Waals surface area contributed by atoms with Crippen molar-refractivity contribution in [1.29, 1.82) is 0 Å². The number of likely N-dealkylation sites (N-methyl/N-ethyl adjacent to an activating group) is 1. The monoisotopic (exact) mass is 436 g/mol. The molecule has 170 valence electrons. The molecule has 0 aromatic carbocycles. The highest BCUT2D eigenvalue weighted by molar-refractivity contribution is 7.52. The molecule has 3 amide bonds. The zero-order chi connectivity index (χ0) is 23.1. The van der Waals surface area contributed by atoms with Crippen LogP contribution in [0, 0.1) is 11.8 Å². The van der Waals surface area contributed by atoms with Gasteiger partial charge < -0.3 is 31.1 Å². The van der Waals surface area contributed by atoms with Gasteiger partial charge in [0.25, 0.3) is 0 Å². The third-order valence-electron chi connectivity index (χ3n) is 4.85. The number of rotatable bonds is 11. The summed E-state index contributed by atoms with van der Waals surface area (Å²) in [7, 11) is -3.23. The molecule has 0 saturated heterocycles. The van der Waals surface area contributed by atoms with Gasteiger partial charge in [0.15, 0.2) is 0 Å². The first-order valence-electron chi connectivity index (χ1n) is 9.83. The van der Waals surface area contributed by atoms with Crippen molar-refractivity contribution in [3.05, 3.63) is 0 Å². The van der Waals surface area contributed by atoms with Gasteiger partial charge >= 0.3 is 7.60 Å². The quantitative estimate of drug-likeness (QED) is 0.292. The highest BCUT2D eigenvalue weighted by Gasteiger charge is 2.36. The molecule has 0 unspecified atom stereocenters. The lowest BCUT2D eigenvalue weighted by atomic mass is 9.99. The van der Waals surface area contributed by atoms with Crippen LogP contribution in [0.5, 0.6) is 0 Å². The van der Waals surface area contributed by atoms with Gasteiger partial charge in [0, 0.05) is 7.05 Å². The Morgan fingerprint density at radius 3 is 1.90 bits per heavy atom. The Labute approximate surface area is 173 Å². The molecule has 11 heteroatoms. The Morgan fingerprint density at radius 1 is 1.00 bits per heavy atom. The predicted molar refractivity (Wildman–Crippen MR) is 111 cm³/mol. The number of carbonyl (C=O) groups excluding carboxylic acids is 3. The summed E-state index contributed by atoms with van der Waals surface area (Å²) < 4.78 is 11.5. The SMILES string of the molecule is CCC[C@H](NC(=O)[C@@H](NC(=O)[C@@H](N)C(C)C)C(C)C)C(=O)N(C)[C@@H](C)P(=O)(O)O. The number of hydrogen-bond acceptors (Lipinski definition) is 5. The van der Waals surface area contributed by atoms with E-state index >= 15 is 0 Å². The third-order valence-corrected chi connectivity index (χ3v) is 6.17. The second-order valence-corrected chi connectivity index (χ2v) is 9.95. The van der Waals surface area contributed by atoms with Crippen LogP contribution >= 0.6 is 7.60 Å². The molecule has 0 aliphatic heterocycles. The number of hydrogen-bond donors (Lipinski definition) is 5. The van der Waals surface area contributed by atoms with Crippen molar-refractivity contribution in [3.63, 3.8) is 0 Å². The maximum Gasteiger partial charge on any atom is 0.347 e. The summed E-state index contributed by atoms with van der Waals surface area (Å²) in [5.74, 6) is -3.31. The minimum Gasteiger partial charge on any atom is -0.343 e. The number of nitrogens with two attached hydrogens (primary N) is 1. The summed E-state index contributed by atoms with van der Waals surface area (Å²) in [6, 6.07) is -2.64. The topological polar surface area (TPSA) is 162 Å². The first-order valence-corrected chi connectivity index (χ1v) is 11.5. The number of carbonyl (C=O) groups is 3. The standard InChI is InChI=1S/C18H37N4O6P/c1-8-9-13(18(25)22(7)12(6)29(26,27)28)20-17(24)15(11(4)5)21-16(23)14(19)10(2)3/h10-15H,8-9,19H2,1-7H3,(H,20,24)(H,21,23)(H2,26,27,28)/t12-,13+,14+,15+/m1/s1. The van der Waals surface area contributed by atoms with Crippen LogP contribution in [0.1, 0.15) is 54.4 Å². The summed E-state index contributed by atoms with van der Waals surface area (Å²) in [6.45, 7) is 10.2. The lowest BCUT2D eigenvalue weighted by Crippen LogP contribution is -2.58. The predicted octanol–water partition coefficient (Wildman–Crippen LogP) is 0.378. The Bertz CT molecular complexity index is 621. The van der Waals surface area contributed by atoms with E-state index in [0.29, 0.717) is 6.42 Å². The van der Waals surface area contributed by atoms with E-state index < -0.39 is 49.2 Å². The van der Waals surface area contributed by atoms with Crippen LogP contribution in [-0.4, -0.2) is 63.4 Å².